The summed E-state index contributed by atoms with van der Waals surface area (Å²) in [6.45, 7) is 0.987. The van der Waals surface area contributed by atoms with Gasteiger partial charge in [0.05, 0.1) is 30.2 Å². The molecule has 0 spiro atoms. The number of aromatic nitrogens is 3. The van der Waals surface area contributed by atoms with Crippen molar-refractivity contribution in [3.05, 3.63) is 150 Å². The fourth-order valence-corrected chi connectivity index (χ4v) is 16.1. The number of fused-ring (bicyclic) bond motifs is 29. The molecule has 10 rings (SSSR count). The van der Waals surface area contributed by atoms with Crippen LogP contribution in [0.4, 0.5) is 0 Å². The summed E-state index contributed by atoms with van der Waals surface area (Å²) < 4.78 is 0. The summed E-state index contributed by atoms with van der Waals surface area (Å²) in [5.74, 6) is -13.5. The minimum absolute atomic E-state index is 0.00301. The Bertz CT molecular complexity index is 4310. The van der Waals surface area contributed by atoms with Crippen molar-refractivity contribution >= 4 is 127 Å². The second-order valence-corrected chi connectivity index (χ2v) is 30.7. The number of guanidine groups is 1. The molecule has 4 aromatic carbocycles. The Labute approximate surface area is 650 Å². The van der Waals surface area contributed by atoms with Gasteiger partial charge in [-0.05, 0) is 91.6 Å². The van der Waals surface area contributed by atoms with Crippen LogP contribution in [0.25, 0.3) is 10.9 Å². The summed E-state index contributed by atoms with van der Waals surface area (Å²) in [5.41, 5.74) is 26.8. The summed E-state index contributed by atoms with van der Waals surface area (Å²) in [6.07, 6.45) is 3.33. The van der Waals surface area contributed by atoms with Gasteiger partial charge in [-0.15, -0.1) is 11.8 Å². The van der Waals surface area contributed by atoms with Gasteiger partial charge in [0, 0.05) is 91.9 Å². The molecule has 592 valence electrons. The molecule has 4 aliphatic rings. The molecular weight excluding hydrogens is 1490 g/mol. The maximum Gasteiger partial charge on any atom is 0.246 e. The number of aromatic hydroxyl groups is 2. The lowest BCUT2D eigenvalue weighted by molar-refractivity contribution is -0.142. The molecule has 6 aromatic rings. The minimum atomic E-state index is -1.83. The first-order chi connectivity index (χ1) is 53.2. The highest BCUT2D eigenvalue weighted by Crippen LogP contribution is 2.27. The normalized spacial score (nSPS) is 23.2. The molecule has 0 radical (unpaired) electrons. The minimum Gasteiger partial charge on any atom is -0.508 e. The molecule has 12 atom stereocenters. The van der Waals surface area contributed by atoms with Gasteiger partial charge in [-0.2, -0.15) is 0 Å². The zero-order chi connectivity index (χ0) is 79.8. The quantitative estimate of drug-likeness (QED) is 0.0116. The first-order valence-electron chi connectivity index (χ1n) is 35.9. The molecule has 13 amide bonds. The van der Waals surface area contributed by atoms with Gasteiger partial charge in [0.2, 0.25) is 76.8 Å². The molecule has 2 bridgehead atoms. The van der Waals surface area contributed by atoms with Gasteiger partial charge in [-0.1, -0.05) is 94.4 Å². The van der Waals surface area contributed by atoms with Crippen molar-refractivity contribution in [2.24, 2.45) is 22.9 Å². The van der Waals surface area contributed by atoms with E-state index < -0.39 is 161 Å². The molecule has 35 nitrogen and oxygen atoms in total. The first-order valence-corrected chi connectivity index (χ1v) is 39.5. The lowest BCUT2D eigenvalue weighted by Gasteiger charge is -2.36. The fraction of sp³-hybridized carbons (Fsp3) is 0.411. The van der Waals surface area contributed by atoms with E-state index >= 15 is 24.0 Å². The molecule has 4 aliphatic heterocycles. The summed E-state index contributed by atoms with van der Waals surface area (Å²) in [7, 11) is 1.82. The zero-order valence-electron chi connectivity index (χ0n) is 60.6. The number of nitrogens with one attached hydrogen (secondary N) is 13. The van der Waals surface area contributed by atoms with E-state index in [0.29, 0.717) is 38.9 Å². The number of phenols is 2. The second kappa shape index (κ2) is 40.3. The molecule has 4 saturated heterocycles. The Kier molecular flexibility index (Phi) is 30.4. The van der Waals surface area contributed by atoms with E-state index in [9.17, 15) is 48.6 Å². The van der Waals surface area contributed by atoms with Gasteiger partial charge < -0.3 is 106 Å². The molecule has 3 unspecified atom stereocenters. The number of nitrogens with zero attached hydrogens (tertiary/aromatic N) is 3. The number of imidazole rings is 1. The third-order valence-corrected chi connectivity index (χ3v) is 22.2. The number of nitrogens with two attached hydrogens (primary N) is 4. The summed E-state index contributed by atoms with van der Waals surface area (Å²) in [4.78, 5) is 203. The SMILES string of the molecule is C[C@@H]1NC(=O)[C@H](CC(N)=O)NC(=O)C(Cc2c[nH]c3ccccc23)N2C[C@H](CCCNC(=N)N)NC(=O)[C@@H](CSCC2=O)NC(=O)[C@@H]2CCCN2C(=O)[C@H](Cc2c[nH]cn2)NC(=O)C(NC(=O)[C@@H](N)Cc2ccc(O)cc2)CSSC[C@@H](C(=O)N[C@@H](Cc2ccc(O)cc2)C(N)=O)NC(=O)C(Cc2ccccc2)NC1=O. The van der Waals surface area contributed by atoms with Crippen molar-refractivity contribution in [1.29, 1.82) is 5.41 Å². The van der Waals surface area contributed by atoms with Crippen LogP contribution in [0.15, 0.2) is 122 Å². The maximum atomic E-state index is 15.4. The van der Waals surface area contributed by atoms with Gasteiger partial charge in [-0.25, -0.2) is 4.98 Å². The number of aromatic amines is 2. The van der Waals surface area contributed by atoms with Crippen molar-refractivity contribution in [2.75, 3.05) is 42.6 Å². The smallest absolute Gasteiger partial charge is 0.246 e. The van der Waals surface area contributed by atoms with Gasteiger partial charge in [0.25, 0.3) is 0 Å². The van der Waals surface area contributed by atoms with Crippen molar-refractivity contribution in [3.63, 3.8) is 0 Å². The monoisotopic (exact) mass is 1580 g/mol. The van der Waals surface area contributed by atoms with Crippen molar-refractivity contribution < 1.29 is 72.5 Å². The standard InChI is InChI=1S/C73H92N20O15S3/c1-39-63(99)86-52(27-40-9-3-2-4-10-40)66(102)90-57(68(104)85-51(62(76)98)26-42-17-21-47(95)22-18-42)36-111-110-35-56(89-64(100)49(74)25-41-15-19-46(94)20-16-41)69(105)88-54(29-45-32-79-38-82-45)72(108)92-24-8-14-58(92)70(106)91-55-34-109-37-61(97)93(33-44(84-67(55)103)11-7-23-80-73(77)78)59(28-43-31-81-50-13-6-5-12-48(43)50)71(107)87-53(30-60(75)96)65(101)83-39/h2-6,9-10,12-13,15-22,31-32,38-39,44,49,51-59,81,94-95H,7-8,11,14,23-30,33-37,74H2,1H3,(H2,75,96)(H2,76,98)(H,79,82)(H,83,101)(H,84,103)(H,85,104)(H,86,99)(H,87,107)(H,88,105)(H,89,100)(H,90,102)(H,91,106)(H4,77,78,80)/t39-,44-,49-,51-,52?,53-,54-,55+,56?,57-,58-,59?/m0/s1. The van der Waals surface area contributed by atoms with Crippen LogP contribution in [0.5, 0.6) is 11.5 Å². The van der Waals surface area contributed by atoms with E-state index in [1.54, 1.807) is 72.9 Å². The number of primary amides is 2. The van der Waals surface area contributed by atoms with Crippen LogP contribution in [0.1, 0.15) is 67.0 Å². The Hall–Kier alpha value is -11.4. The van der Waals surface area contributed by atoms with Crippen LogP contribution >= 0.6 is 33.3 Å². The number of hydrogen-bond acceptors (Lipinski definition) is 21. The number of carbonyl (C=O) groups excluding carboxylic acids is 13. The third-order valence-electron chi connectivity index (χ3n) is 18.7. The molecular formula is C73H92N20O15S3. The van der Waals surface area contributed by atoms with Gasteiger partial charge in [0.15, 0.2) is 5.96 Å². The average molecular weight is 1590 g/mol. The van der Waals surface area contributed by atoms with Crippen molar-refractivity contribution in [2.45, 2.75) is 144 Å². The highest BCUT2D eigenvalue weighted by atomic mass is 33.1. The Morgan fingerprint density at radius 2 is 1.33 bits per heavy atom. The number of rotatable bonds is 21. The van der Waals surface area contributed by atoms with E-state index in [4.69, 9.17) is 28.3 Å². The number of phenolic OH excluding ortho intramolecular Hbond substituents is 2. The van der Waals surface area contributed by atoms with Crippen LogP contribution in [0.3, 0.4) is 0 Å². The summed E-state index contributed by atoms with van der Waals surface area (Å²) in [5, 5.41) is 55.5. The Balaban J connectivity index is 1.10. The average Bonchev–Trinajstić information content (AvgIpc) is 1.78. The van der Waals surface area contributed by atoms with Crippen LogP contribution in [-0.2, 0) is 94.4 Å². The van der Waals surface area contributed by atoms with Gasteiger partial charge in [-0.3, -0.25) is 67.7 Å². The lowest BCUT2D eigenvalue weighted by atomic mass is 10.00. The predicted octanol–water partition coefficient (Wildman–Crippen LogP) is -2.52. The zero-order valence-corrected chi connectivity index (χ0v) is 63.0. The number of H-pyrrole nitrogens is 2. The van der Waals surface area contributed by atoms with Crippen LogP contribution in [0, 0.1) is 5.41 Å². The maximum absolute atomic E-state index is 15.4. The first kappa shape index (κ1) is 83.7. The third kappa shape index (κ3) is 24.6. The van der Waals surface area contributed by atoms with Gasteiger partial charge in [0.1, 0.15) is 71.9 Å². The fourth-order valence-electron chi connectivity index (χ4n) is 12.9. The van der Waals surface area contributed by atoms with Crippen LogP contribution < -0.4 is 76.1 Å². The van der Waals surface area contributed by atoms with E-state index in [-0.39, 0.29) is 112 Å². The van der Waals surface area contributed by atoms with Crippen LogP contribution in [-0.4, -0.2) is 233 Å². The number of amides is 13. The lowest BCUT2D eigenvalue weighted by Crippen LogP contribution is -2.62. The van der Waals surface area contributed by atoms with Crippen molar-refractivity contribution in [1.82, 2.24) is 77.9 Å². The second-order valence-electron chi connectivity index (χ2n) is 27.1. The number of hydrogen-bond donors (Lipinski definition) is 19. The van der Waals surface area contributed by atoms with Crippen LogP contribution in [0.2, 0.25) is 0 Å². The Morgan fingerprint density at radius 3 is 2.02 bits per heavy atom. The topological polar surface area (TPSA) is 562 Å². The Morgan fingerprint density at radius 1 is 0.667 bits per heavy atom. The highest BCUT2D eigenvalue weighted by molar-refractivity contribution is 8.76. The van der Waals surface area contributed by atoms with Crippen molar-refractivity contribution in [3.8, 4) is 11.5 Å². The molecule has 111 heavy (non-hydrogen) atoms. The van der Waals surface area contributed by atoms with E-state index in [0.717, 1.165) is 33.3 Å². The molecule has 0 aliphatic carbocycles. The highest BCUT2D eigenvalue weighted by Gasteiger charge is 2.43. The molecule has 0 saturated carbocycles. The van der Waals surface area contributed by atoms with E-state index in [1.807, 2.05) is 0 Å². The summed E-state index contributed by atoms with van der Waals surface area (Å²) >= 11 is 0.946. The molecule has 6 heterocycles. The number of para-hydroxylation sites is 1. The summed E-state index contributed by atoms with van der Waals surface area (Å²) in [6, 6.07) is 9.58. The van der Waals surface area contributed by atoms with Gasteiger partial charge >= 0.3 is 0 Å². The molecule has 23 N–H and O–H groups in total. The number of benzene rings is 4. The number of carbonyl (C=O) groups is 13. The molecule has 4 fully saturated rings. The van der Waals surface area contributed by atoms with E-state index in [2.05, 4.69) is 68.1 Å². The molecule has 2 aromatic heterocycles. The largest absolute Gasteiger partial charge is 0.508 e. The van der Waals surface area contributed by atoms with E-state index in [1.165, 1.54) is 65.6 Å². The molecule has 38 heteroatoms. The number of thioether (sulfide) groups is 1. The predicted molar refractivity (Wildman–Crippen MR) is 414 cm³/mol.